The third-order valence-electron chi connectivity index (χ3n) is 3.98. The highest BCUT2D eigenvalue weighted by atomic mass is 32.1. The van der Waals surface area contributed by atoms with Crippen molar-refractivity contribution in [3.63, 3.8) is 0 Å². The van der Waals surface area contributed by atoms with Crippen molar-refractivity contribution in [1.82, 2.24) is 25.0 Å². The summed E-state index contributed by atoms with van der Waals surface area (Å²) in [5.41, 5.74) is 1.29. The molecule has 8 heteroatoms. The maximum atomic E-state index is 12.3. The molecule has 1 aliphatic heterocycles. The van der Waals surface area contributed by atoms with Gasteiger partial charge in [0.15, 0.2) is 5.82 Å². The van der Waals surface area contributed by atoms with Crippen molar-refractivity contribution >= 4 is 17.4 Å². The highest BCUT2D eigenvalue weighted by molar-refractivity contribution is 7.10. The van der Waals surface area contributed by atoms with Crippen LogP contribution in [0.5, 0.6) is 0 Å². The molecule has 1 fully saturated rings. The maximum Gasteiger partial charge on any atom is 0.317 e. The number of nitrogens with zero attached hydrogens (tertiary/aromatic N) is 4. The molecule has 2 aromatic rings. The van der Waals surface area contributed by atoms with Crippen LogP contribution in [-0.2, 0) is 18.2 Å². The van der Waals surface area contributed by atoms with Crippen molar-refractivity contribution in [1.29, 1.82) is 0 Å². The van der Waals surface area contributed by atoms with Crippen LogP contribution < -0.4 is 5.32 Å². The Labute approximate surface area is 139 Å². The molecule has 1 atom stereocenters. The van der Waals surface area contributed by atoms with E-state index in [0.717, 1.165) is 12.2 Å². The second-order valence-electron chi connectivity index (χ2n) is 5.61. The van der Waals surface area contributed by atoms with Gasteiger partial charge in [-0.05, 0) is 30.4 Å². The first-order chi connectivity index (χ1) is 11.1. The minimum absolute atomic E-state index is 0.0466. The van der Waals surface area contributed by atoms with Crippen LogP contribution in [0.15, 0.2) is 17.8 Å². The van der Waals surface area contributed by atoms with Gasteiger partial charge in [-0.1, -0.05) is 0 Å². The van der Waals surface area contributed by atoms with Crippen molar-refractivity contribution in [2.24, 2.45) is 7.05 Å². The van der Waals surface area contributed by atoms with Crippen molar-refractivity contribution < 1.29 is 9.53 Å². The largest absolute Gasteiger partial charge is 0.366 e. The van der Waals surface area contributed by atoms with Crippen LogP contribution >= 0.6 is 11.3 Å². The topological polar surface area (TPSA) is 72.3 Å². The van der Waals surface area contributed by atoms with E-state index in [1.807, 2.05) is 11.6 Å². The molecule has 1 saturated heterocycles. The van der Waals surface area contributed by atoms with Gasteiger partial charge in [0.05, 0.1) is 13.2 Å². The Morgan fingerprint density at radius 1 is 1.57 bits per heavy atom. The predicted octanol–water partition coefficient (Wildman–Crippen LogP) is 1.51. The fourth-order valence-electron chi connectivity index (χ4n) is 2.63. The molecule has 1 unspecified atom stereocenters. The first-order valence-electron chi connectivity index (χ1n) is 7.66. The van der Waals surface area contributed by atoms with Gasteiger partial charge in [0.2, 0.25) is 0 Å². The molecule has 7 nitrogen and oxygen atoms in total. The molecule has 0 aromatic carbocycles. The molecular formula is C15H21N5O2S. The van der Waals surface area contributed by atoms with Crippen molar-refractivity contribution in [2.45, 2.75) is 19.4 Å². The second-order valence-corrected chi connectivity index (χ2v) is 6.61. The normalized spacial score (nSPS) is 18.2. The summed E-state index contributed by atoms with van der Waals surface area (Å²) in [6.45, 7) is 4.34. The van der Waals surface area contributed by atoms with Crippen molar-refractivity contribution in [2.75, 3.05) is 26.2 Å². The highest BCUT2D eigenvalue weighted by Crippen LogP contribution is 2.20. The van der Waals surface area contributed by atoms with Gasteiger partial charge in [0, 0.05) is 25.0 Å². The first-order valence-corrected chi connectivity index (χ1v) is 8.54. The number of amides is 2. The lowest BCUT2D eigenvalue weighted by Gasteiger charge is -2.32. The molecule has 23 heavy (non-hydrogen) atoms. The molecule has 3 rings (SSSR count). The molecule has 0 spiro atoms. The number of ether oxygens (including phenoxy) is 1. The Morgan fingerprint density at radius 3 is 3.13 bits per heavy atom. The summed E-state index contributed by atoms with van der Waals surface area (Å²) < 4.78 is 7.54. The lowest BCUT2D eigenvalue weighted by molar-refractivity contribution is -0.0214. The zero-order valence-corrected chi connectivity index (χ0v) is 14.2. The molecule has 3 heterocycles. The monoisotopic (exact) mass is 335 g/mol. The number of hydrogen-bond donors (Lipinski definition) is 1. The van der Waals surface area contributed by atoms with E-state index in [1.54, 1.807) is 22.6 Å². The van der Waals surface area contributed by atoms with Crippen LogP contribution in [-0.4, -0.2) is 51.9 Å². The van der Waals surface area contributed by atoms with E-state index in [2.05, 4.69) is 33.9 Å². The van der Waals surface area contributed by atoms with Gasteiger partial charge in [-0.2, -0.15) is 0 Å². The van der Waals surface area contributed by atoms with Gasteiger partial charge >= 0.3 is 6.03 Å². The molecule has 0 radical (unpaired) electrons. The number of nitrogens with one attached hydrogen (secondary N) is 1. The summed E-state index contributed by atoms with van der Waals surface area (Å²) >= 11 is 1.73. The smallest absolute Gasteiger partial charge is 0.317 e. The number of urea groups is 1. The number of aryl methyl sites for hydroxylation is 2. The molecule has 0 aliphatic carbocycles. The summed E-state index contributed by atoms with van der Waals surface area (Å²) in [5.74, 6) is 0.747. The number of carbonyl (C=O) groups is 1. The Hall–Kier alpha value is -1.93. The van der Waals surface area contributed by atoms with Gasteiger partial charge in [-0.15, -0.1) is 21.5 Å². The average molecular weight is 335 g/mol. The summed E-state index contributed by atoms with van der Waals surface area (Å²) in [6, 6.07) is 2.06. The minimum atomic E-state index is -0.221. The molecule has 2 amide bonds. The van der Waals surface area contributed by atoms with Crippen LogP contribution in [0.1, 0.15) is 22.4 Å². The quantitative estimate of drug-likeness (QED) is 0.919. The Balaban J connectivity index is 1.51. The number of thiophene rings is 1. The number of morpholine rings is 1. The van der Waals surface area contributed by atoms with Gasteiger partial charge in [0.25, 0.3) is 0 Å². The molecule has 1 aliphatic rings. The summed E-state index contributed by atoms with van der Waals surface area (Å²) in [7, 11) is 1.88. The fourth-order valence-corrected chi connectivity index (χ4v) is 3.54. The van der Waals surface area contributed by atoms with E-state index in [9.17, 15) is 4.79 Å². The lowest BCUT2D eigenvalue weighted by Crippen LogP contribution is -2.47. The van der Waals surface area contributed by atoms with Gasteiger partial charge < -0.3 is 19.5 Å². The SMILES string of the molecule is Cc1ccsc1CCNC(=O)N1CCOC(c2nncn2C)C1. The van der Waals surface area contributed by atoms with Crippen molar-refractivity contribution in [3.8, 4) is 0 Å². The van der Waals surface area contributed by atoms with E-state index in [1.165, 1.54) is 10.4 Å². The van der Waals surface area contributed by atoms with E-state index in [0.29, 0.717) is 26.2 Å². The van der Waals surface area contributed by atoms with E-state index >= 15 is 0 Å². The minimum Gasteiger partial charge on any atom is -0.366 e. The molecule has 1 N–H and O–H groups in total. The number of hydrogen-bond acceptors (Lipinski definition) is 5. The zero-order chi connectivity index (χ0) is 16.2. The molecular weight excluding hydrogens is 314 g/mol. The fraction of sp³-hybridized carbons (Fsp3) is 0.533. The lowest BCUT2D eigenvalue weighted by atomic mass is 10.2. The Kier molecular flexibility index (Phi) is 4.92. The van der Waals surface area contributed by atoms with Gasteiger partial charge in [-0.25, -0.2) is 4.79 Å². The van der Waals surface area contributed by atoms with E-state index < -0.39 is 0 Å². The Bertz CT molecular complexity index is 668. The molecule has 124 valence electrons. The molecule has 2 aromatic heterocycles. The van der Waals surface area contributed by atoms with E-state index in [4.69, 9.17) is 4.74 Å². The summed E-state index contributed by atoms with van der Waals surface area (Å²) in [5, 5.41) is 13.0. The maximum absolute atomic E-state index is 12.3. The zero-order valence-electron chi connectivity index (χ0n) is 13.4. The van der Waals surface area contributed by atoms with Crippen LogP contribution in [0.4, 0.5) is 4.79 Å². The van der Waals surface area contributed by atoms with E-state index in [-0.39, 0.29) is 12.1 Å². The van der Waals surface area contributed by atoms with Gasteiger partial charge in [0.1, 0.15) is 12.4 Å². The van der Waals surface area contributed by atoms with Crippen LogP contribution in [0, 0.1) is 6.92 Å². The third kappa shape index (κ3) is 3.70. The molecule has 0 bridgehead atoms. The van der Waals surface area contributed by atoms with Crippen LogP contribution in [0.3, 0.4) is 0 Å². The molecule has 0 saturated carbocycles. The van der Waals surface area contributed by atoms with Gasteiger partial charge in [-0.3, -0.25) is 0 Å². The van der Waals surface area contributed by atoms with Crippen LogP contribution in [0.25, 0.3) is 0 Å². The van der Waals surface area contributed by atoms with Crippen LogP contribution in [0.2, 0.25) is 0 Å². The summed E-state index contributed by atoms with van der Waals surface area (Å²) in [4.78, 5) is 15.4. The number of carbonyl (C=O) groups excluding carboxylic acids is 1. The predicted molar refractivity (Wildman–Crippen MR) is 87.4 cm³/mol. The first kappa shape index (κ1) is 15.9. The Morgan fingerprint density at radius 2 is 2.43 bits per heavy atom. The third-order valence-corrected chi connectivity index (χ3v) is 5.07. The average Bonchev–Trinajstić information content (AvgIpc) is 3.16. The van der Waals surface area contributed by atoms with Crippen molar-refractivity contribution in [3.05, 3.63) is 34.0 Å². The summed E-state index contributed by atoms with van der Waals surface area (Å²) in [6.07, 6.45) is 2.29. The highest BCUT2D eigenvalue weighted by Gasteiger charge is 2.28. The second kappa shape index (κ2) is 7.10. The number of rotatable bonds is 4. The number of aromatic nitrogens is 3. The standard InChI is InChI=1S/C15H21N5O2S/c1-11-4-8-23-13(11)3-5-16-15(21)20-6-7-22-12(9-20)14-18-17-10-19(14)2/h4,8,10,12H,3,5-7,9H2,1-2H3,(H,16,21).